The van der Waals surface area contributed by atoms with E-state index in [0.717, 1.165) is 36.8 Å². The largest absolute Gasteiger partial charge is 0.306 e. The van der Waals surface area contributed by atoms with Crippen molar-refractivity contribution in [1.29, 1.82) is 0 Å². The van der Waals surface area contributed by atoms with Gasteiger partial charge in [-0.2, -0.15) is 0 Å². The number of aryl methyl sites for hydroxylation is 2. The molecule has 0 bridgehead atoms. The Labute approximate surface area is 106 Å². The summed E-state index contributed by atoms with van der Waals surface area (Å²) < 4.78 is 0. The molecule has 17 heavy (non-hydrogen) atoms. The number of piperidine rings is 1. The molecule has 0 unspecified atom stereocenters. The number of hydrogen-bond donors (Lipinski definition) is 1. The first-order valence-electron chi connectivity index (χ1n) is 5.99. The third-order valence-corrected chi connectivity index (χ3v) is 4.34. The lowest BCUT2D eigenvalue weighted by atomic mass is 9.96. The summed E-state index contributed by atoms with van der Waals surface area (Å²) in [6, 6.07) is 0. The number of carbonyl (C=O) groups excluding carboxylic acids is 1. The van der Waals surface area contributed by atoms with Gasteiger partial charge in [0.05, 0.1) is 5.69 Å². The lowest BCUT2D eigenvalue weighted by Gasteiger charge is -2.27. The molecule has 5 heteroatoms. The molecule has 94 valence electrons. The Morgan fingerprint density at radius 3 is 2.59 bits per heavy atom. The molecule has 2 rings (SSSR count). The highest BCUT2D eigenvalue weighted by Crippen LogP contribution is 2.23. The van der Waals surface area contributed by atoms with E-state index < -0.39 is 0 Å². The predicted molar refractivity (Wildman–Crippen MR) is 70.4 cm³/mol. The summed E-state index contributed by atoms with van der Waals surface area (Å²) in [5.41, 5.74) is 1.01. The van der Waals surface area contributed by atoms with Crippen molar-refractivity contribution in [2.45, 2.75) is 26.7 Å². The van der Waals surface area contributed by atoms with Gasteiger partial charge in [0.1, 0.15) is 0 Å². The molecule has 1 aliphatic rings. The van der Waals surface area contributed by atoms with Crippen LogP contribution in [0.3, 0.4) is 0 Å². The summed E-state index contributed by atoms with van der Waals surface area (Å²) in [6.45, 7) is 6.01. The highest BCUT2D eigenvalue weighted by molar-refractivity contribution is 7.15. The molecule has 0 saturated carbocycles. The van der Waals surface area contributed by atoms with Gasteiger partial charge in [0.25, 0.3) is 0 Å². The van der Waals surface area contributed by atoms with Crippen molar-refractivity contribution in [2.75, 3.05) is 25.5 Å². The average Bonchev–Trinajstić information content (AvgIpc) is 2.58. The molecule has 0 aliphatic carbocycles. The van der Waals surface area contributed by atoms with Crippen LogP contribution >= 0.6 is 11.3 Å². The van der Waals surface area contributed by atoms with Crippen molar-refractivity contribution in [1.82, 2.24) is 9.88 Å². The zero-order chi connectivity index (χ0) is 12.4. The molecule has 0 atom stereocenters. The van der Waals surface area contributed by atoms with Gasteiger partial charge in [-0.15, -0.1) is 11.3 Å². The monoisotopic (exact) mass is 253 g/mol. The van der Waals surface area contributed by atoms with E-state index in [0.29, 0.717) is 0 Å². The molecule has 0 aromatic carbocycles. The zero-order valence-corrected chi connectivity index (χ0v) is 11.4. The molecule has 2 heterocycles. The van der Waals surface area contributed by atoms with Gasteiger partial charge in [-0.05, 0) is 46.8 Å². The second-order valence-corrected chi connectivity index (χ2v) is 5.93. The average molecular weight is 253 g/mol. The number of hydrogen-bond acceptors (Lipinski definition) is 4. The van der Waals surface area contributed by atoms with E-state index in [1.54, 1.807) is 11.3 Å². The summed E-state index contributed by atoms with van der Waals surface area (Å²) in [5, 5.41) is 3.68. The fraction of sp³-hybridized carbons (Fsp3) is 0.667. The summed E-state index contributed by atoms with van der Waals surface area (Å²) in [6.07, 6.45) is 1.90. The molecule has 0 radical (unpaired) electrons. The third-order valence-electron chi connectivity index (χ3n) is 3.35. The summed E-state index contributed by atoms with van der Waals surface area (Å²) in [7, 11) is 2.10. The fourth-order valence-electron chi connectivity index (χ4n) is 2.00. The molecule has 1 amide bonds. The Morgan fingerprint density at radius 2 is 2.06 bits per heavy atom. The van der Waals surface area contributed by atoms with Gasteiger partial charge in [0.2, 0.25) is 5.91 Å². The molecule has 1 fully saturated rings. The van der Waals surface area contributed by atoms with Gasteiger partial charge < -0.3 is 10.2 Å². The third kappa shape index (κ3) is 3.04. The fourth-order valence-corrected chi connectivity index (χ4v) is 2.82. The molecule has 1 aliphatic heterocycles. The Kier molecular flexibility index (Phi) is 3.79. The molecule has 1 saturated heterocycles. The minimum Gasteiger partial charge on any atom is -0.306 e. The smallest absolute Gasteiger partial charge is 0.229 e. The van der Waals surface area contributed by atoms with Crippen LogP contribution in [0.4, 0.5) is 5.13 Å². The lowest BCUT2D eigenvalue weighted by Crippen LogP contribution is -2.35. The van der Waals surface area contributed by atoms with Crippen LogP contribution in [0.25, 0.3) is 0 Å². The van der Waals surface area contributed by atoms with Crippen LogP contribution in [0.15, 0.2) is 0 Å². The molecule has 4 nitrogen and oxygen atoms in total. The van der Waals surface area contributed by atoms with E-state index in [1.165, 1.54) is 4.88 Å². The number of thiazole rings is 1. The second kappa shape index (κ2) is 5.14. The van der Waals surface area contributed by atoms with Crippen LogP contribution in [-0.4, -0.2) is 35.9 Å². The maximum Gasteiger partial charge on any atom is 0.229 e. The first-order chi connectivity index (χ1) is 8.06. The molecule has 1 aromatic heterocycles. The second-order valence-electron chi connectivity index (χ2n) is 4.73. The Morgan fingerprint density at radius 1 is 1.41 bits per heavy atom. The molecule has 0 spiro atoms. The highest BCUT2D eigenvalue weighted by Gasteiger charge is 2.24. The number of nitrogens with one attached hydrogen (secondary N) is 1. The van der Waals surface area contributed by atoms with Crippen LogP contribution in [0.2, 0.25) is 0 Å². The number of amides is 1. The highest BCUT2D eigenvalue weighted by atomic mass is 32.1. The van der Waals surface area contributed by atoms with Crippen molar-refractivity contribution in [3.63, 3.8) is 0 Å². The summed E-state index contributed by atoms with van der Waals surface area (Å²) >= 11 is 1.55. The maximum absolute atomic E-state index is 12.0. The van der Waals surface area contributed by atoms with Crippen molar-refractivity contribution in [3.05, 3.63) is 10.6 Å². The normalized spacial score (nSPS) is 18.3. The van der Waals surface area contributed by atoms with Gasteiger partial charge in [-0.3, -0.25) is 4.79 Å². The van der Waals surface area contributed by atoms with E-state index in [1.807, 2.05) is 13.8 Å². The Bertz CT molecular complexity index is 388. The first-order valence-corrected chi connectivity index (χ1v) is 6.81. The van der Waals surface area contributed by atoms with Crippen LogP contribution in [0.1, 0.15) is 23.4 Å². The van der Waals surface area contributed by atoms with E-state index in [2.05, 4.69) is 22.2 Å². The standard InChI is InChI=1S/C12H19N3OS/c1-8-9(2)17-12(13-8)14-11(16)10-4-6-15(3)7-5-10/h10H,4-7H2,1-3H3,(H,13,14,16). The first kappa shape index (κ1) is 12.5. The van der Waals surface area contributed by atoms with Crippen molar-refractivity contribution in [3.8, 4) is 0 Å². The zero-order valence-electron chi connectivity index (χ0n) is 10.6. The van der Waals surface area contributed by atoms with Crippen LogP contribution in [0.5, 0.6) is 0 Å². The Balaban J connectivity index is 1.93. The number of carbonyl (C=O) groups is 1. The van der Waals surface area contributed by atoms with E-state index in [4.69, 9.17) is 0 Å². The van der Waals surface area contributed by atoms with Crippen molar-refractivity contribution < 1.29 is 4.79 Å². The quantitative estimate of drug-likeness (QED) is 0.877. The molecule has 1 aromatic rings. The van der Waals surface area contributed by atoms with Crippen LogP contribution in [0, 0.1) is 19.8 Å². The van der Waals surface area contributed by atoms with Crippen LogP contribution in [-0.2, 0) is 4.79 Å². The van der Waals surface area contributed by atoms with Gasteiger partial charge in [-0.25, -0.2) is 4.98 Å². The number of likely N-dealkylation sites (tertiary alicyclic amines) is 1. The lowest BCUT2D eigenvalue weighted by molar-refractivity contribution is -0.121. The summed E-state index contributed by atoms with van der Waals surface area (Å²) in [4.78, 5) is 19.8. The van der Waals surface area contributed by atoms with Gasteiger partial charge >= 0.3 is 0 Å². The van der Waals surface area contributed by atoms with Gasteiger partial charge in [0, 0.05) is 10.8 Å². The van der Waals surface area contributed by atoms with Crippen LogP contribution < -0.4 is 5.32 Å². The molecule has 1 N–H and O–H groups in total. The molecular formula is C12H19N3OS. The maximum atomic E-state index is 12.0. The molecular weight excluding hydrogens is 234 g/mol. The minimum atomic E-state index is 0.131. The van der Waals surface area contributed by atoms with Gasteiger partial charge in [-0.1, -0.05) is 0 Å². The topological polar surface area (TPSA) is 45.2 Å². The number of rotatable bonds is 2. The minimum absolute atomic E-state index is 0.131. The van der Waals surface area contributed by atoms with E-state index >= 15 is 0 Å². The van der Waals surface area contributed by atoms with E-state index in [9.17, 15) is 4.79 Å². The van der Waals surface area contributed by atoms with Crippen molar-refractivity contribution >= 4 is 22.4 Å². The van der Waals surface area contributed by atoms with Gasteiger partial charge in [0.15, 0.2) is 5.13 Å². The SMILES string of the molecule is Cc1nc(NC(=O)C2CCN(C)CC2)sc1C. The number of aromatic nitrogens is 1. The number of anilines is 1. The van der Waals surface area contributed by atoms with E-state index in [-0.39, 0.29) is 11.8 Å². The summed E-state index contributed by atoms with van der Waals surface area (Å²) in [5.74, 6) is 0.280. The Hall–Kier alpha value is -0.940. The van der Waals surface area contributed by atoms with Crippen molar-refractivity contribution in [2.24, 2.45) is 5.92 Å². The predicted octanol–water partition coefficient (Wildman–Crippen LogP) is 2.04. The number of nitrogens with zero attached hydrogens (tertiary/aromatic N) is 2.